The molecule has 1 atom stereocenters. The fourth-order valence-corrected chi connectivity index (χ4v) is 1.81. The van der Waals surface area contributed by atoms with Crippen LogP contribution in [0.25, 0.3) is 0 Å². The van der Waals surface area contributed by atoms with Crippen molar-refractivity contribution in [2.75, 3.05) is 6.61 Å². The highest BCUT2D eigenvalue weighted by molar-refractivity contribution is 4.81. The second kappa shape index (κ2) is 2.91. The molecule has 0 aromatic rings. The van der Waals surface area contributed by atoms with E-state index in [2.05, 4.69) is 20.8 Å². The maximum absolute atomic E-state index is 5.64. The third-order valence-corrected chi connectivity index (χ3v) is 2.53. The first-order valence-corrected chi connectivity index (χ1v) is 4.28. The smallest absolute Gasteiger partial charge is 0.0623 e. The van der Waals surface area contributed by atoms with Crippen LogP contribution in [0.4, 0.5) is 0 Å². The Bertz CT molecular complexity index is 107. The van der Waals surface area contributed by atoms with Gasteiger partial charge < -0.3 is 4.74 Å². The zero-order valence-corrected chi connectivity index (χ0v) is 7.31. The molecule has 0 spiro atoms. The summed E-state index contributed by atoms with van der Waals surface area (Å²) in [5, 5.41) is 0. The van der Waals surface area contributed by atoms with Crippen LogP contribution in [0.15, 0.2) is 0 Å². The van der Waals surface area contributed by atoms with Crippen LogP contribution >= 0.6 is 0 Å². The Morgan fingerprint density at radius 3 is 2.60 bits per heavy atom. The van der Waals surface area contributed by atoms with Gasteiger partial charge in [-0.05, 0) is 24.7 Å². The molecule has 60 valence electrons. The summed E-state index contributed by atoms with van der Waals surface area (Å²) in [5.41, 5.74) is 0.424. The number of ether oxygens (including phenoxy) is 1. The van der Waals surface area contributed by atoms with Crippen molar-refractivity contribution in [3.05, 3.63) is 0 Å². The van der Waals surface area contributed by atoms with Gasteiger partial charge in [0.2, 0.25) is 0 Å². The fraction of sp³-hybridized carbons (Fsp3) is 1.00. The van der Waals surface area contributed by atoms with Crippen LogP contribution in [0.3, 0.4) is 0 Å². The predicted octanol–water partition coefficient (Wildman–Crippen LogP) is 2.60. The lowest BCUT2D eigenvalue weighted by Crippen LogP contribution is -2.35. The Balaban J connectivity index is 2.51. The van der Waals surface area contributed by atoms with Gasteiger partial charge in [-0.2, -0.15) is 0 Å². The first kappa shape index (κ1) is 8.06. The maximum Gasteiger partial charge on any atom is 0.0623 e. The molecule has 0 aromatic carbocycles. The monoisotopic (exact) mass is 142 g/mol. The van der Waals surface area contributed by atoms with E-state index < -0.39 is 0 Å². The summed E-state index contributed by atoms with van der Waals surface area (Å²) in [7, 11) is 0. The molecule has 1 heterocycles. The van der Waals surface area contributed by atoms with Gasteiger partial charge in [0.25, 0.3) is 0 Å². The van der Waals surface area contributed by atoms with E-state index in [9.17, 15) is 0 Å². The Kier molecular flexibility index (Phi) is 2.35. The van der Waals surface area contributed by atoms with Crippen molar-refractivity contribution in [1.82, 2.24) is 0 Å². The molecule has 1 rings (SSSR count). The Hall–Kier alpha value is -0.0400. The quantitative estimate of drug-likeness (QED) is 0.547. The Morgan fingerprint density at radius 2 is 2.20 bits per heavy atom. The van der Waals surface area contributed by atoms with Crippen molar-refractivity contribution in [3.63, 3.8) is 0 Å². The van der Waals surface area contributed by atoms with Gasteiger partial charge in [-0.3, -0.25) is 0 Å². The van der Waals surface area contributed by atoms with Crippen LogP contribution in [-0.2, 0) is 4.74 Å². The Morgan fingerprint density at radius 1 is 1.50 bits per heavy atom. The molecule has 0 aliphatic carbocycles. The van der Waals surface area contributed by atoms with Crippen LogP contribution in [0.1, 0.15) is 40.0 Å². The van der Waals surface area contributed by atoms with E-state index in [-0.39, 0.29) is 0 Å². The van der Waals surface area contributed by atoms with Gasteiger partial charge in [0.05, 0.1) is 6.10 Å². The number of rotatable bonds is 1. The van der Waals surface area contributed by atoms with Gasteiger partial charge in [0, 0.05) is 6.61 Å². The summed E-state index contributed by atoms with van der Waals surface area (Å²) in [5.74, 6) is 0. The second-order valence-electron chi connectivity index (χ2n) is 3.86. The van der Waals surface area contributed by atoms with Gasteiger partial charge >= 0.3 is 0 Å². The highest BCUT2D eigenvalue weighted by Gasteiger charge is 2.31. The van der Waals surface area contributed by atoms with Crippen LogP contribution in [-0.4, -0.2) is 12.7 Å². The van der Waals surface area contributed by atoms with Gasteiger partial charge in [-0.1, -0.05) is 20.8 Å². The first-order chi connectivity index (χ1) is 4.67. The molecule has 0 bridgehead atoms. The molecular formula is C9H18O. The molecule has 1 aliphatic rings. The van der Waals surface area contributed by atoms with Crippen molar-refractivity contribution < 1.29 is 4.74 Å². The van der Waals surface area contributed by atoms with Gasteiger partial charge in [-0.25, -0.2) is 0 Å². The van der Waals surface area contributed by atoms with E-state index in [4.69, 9.17) is 4.74 Å². The van der Waals surface area contributed by atoms with Crippen molar-refractivity contribution >= 4 is 0 Å². The minimum Gasteiger partial charge on any atom is -0.378 e. The predicted molar refractivity (Wildman–Crippen MR) is 43.0 cm³/mol. The largest absolute Gasteiger partial charge is 0.378 e. The van der Waals surface area contributed by atoms with Gasteiger partial charge in [-0.15, -0.1) is 0 Å². The van der Waals surface area contributed by atoms with Crippen LogP contribution < -0.4 is 0 Å². The zero-order valence-electron chi connectivity index (χ0n) is 7.31. The zero-order chi connectivity index (χ0) is 7.61. The standard InChI is InChI=1S/C9H18O/c1-4-8-9(2,3)6-5-7-10-8/h8H,4-7H2,1-3H3/t8-/m0/s1. The topological polar surface area (TPSA) is 9.23 Å². The van der Waals surface area contributed by atoms with Crippen molar-refractivity contribution in [1.29, 1.82) is 0 Å². The molecule has 0 radical (unpaired) electrons. The van der Waals surface area contributed by atoms with Crippen molar-refractivity contribution in [2.45, 2.75) is 46.1 Å². The van der Waals surface area contributed by atoms with E-state index in [1.165, 1.54) is 12.8 Å². The van der Waals surface area contributed by atoms with Crippen LogP contribution in [0, 0.1) is 5.41 Å². The summed E-state index contributed by atoms with van der Waals surface area (Å²) in [6, 6.07) is 0. The van der Waals surface area contributed by atoms with E-state index in [1.807, 2.05) is 0 Å². The SMILES string of the molecule is CC[C@@H]1OCCCC1(C)C. The molecule has 1 fully saturated rings. The van der Waals surface area contributed by atoms with E-state index >= 15 is 0 Å². The normalized spacial score (nSPS) is 32.1. The third-order valence-electron chi connectivity index (χ3n) is 2.53. The molecule has 1 aliphatic heterocycles. The lowest BCUT2D eigenvalue weighted by atomic mass is 9.79. The first-order valence-electron chi connectivity index (χ1n) is 4.28. The second-order valence-corrected chi connectivity index (χ2v) is 3.86. The maximum atomic E-state index is 5.64. The summed E-state index contributed by atoms with van der Waals surface area (Å²) < 4.78 is 5.64. The van der Waals surface area contributed by atoms with Crippen molar-refractivity contribution in [2.24, 2.45) is 5.41 Å². The van der Waals surface area contributed by atoms with Crippen LogP contribution in [0.5, 0.6) is 0 Å². The summed E-state index contributed by atoms with van der Waals surface area (Å²) in [6.45, 7) is 7.79. The molecule has 0 amide bonds. The molecular weight excluding hydrogens is 124 g/mol. The Labute approximate surface area is 63.8 Å². The van der Waals surface area contributed by atoms with Gasteiger partial charge in [0.15, 0.2) is 0 Å². The number of hydrogen-bond acceptors (Lipinski definition) is 1. The molecule has 0 unspecified atom stereocenters. The average molecular weight is 142 g/mol. The van der Waals surface area contributed by atoms with Crippen LogP contribution in [0.2, 0.25) is 0 Å². The van der Waals surface area contributed by atoms with E-state index in [0.717, 1.165) is 13.0 Å². The minimum absolute atomic E-state index is 0.424. The molecule has 1 heteroatoms. The third kappa shape index (κ3) is 1.51. The summed E-state index contributed by atoms with van der Waals surface area (Å²) in [4.78, 5) is 0. The van der Waals surface area contributed by atoms with E-state index in [1.54, 1.807) is 0 Å². The fourth-order valence-electron chi connectivity index (χ4n) is 1.81. The van der Waals surface area contributed by atoms with Gasteiger partial charge in [0.1, 0.15) is 0 Å². The highest BCUT2D eigenvalue weighted by Crippen LogP contribution is 2.34. The van der Waals surface area contributed by atoms with E-state index in [0.29, 0.717) is 11.5 Å². The molecule has 1 nitrogen and oxygen atoms in total. The lowest BCUT2D eigenvalue weighted by molar-refractivity contribution is -0.0685. The minimum atomic E-state index is 0.424. The average Bonchev–Trinajstić information content (AvgIpc) is 1.87. The lowest BCUT2D eigenvalue weighted by Gasteiger charge is -2.37. The molecule has 10 heavy (non-hydrogen) atoms. The molecule has 0 N–H and O–H groups in total. The highest BCUT2D eigenvalue weighted by atomic mass is 16.5. The molecule has 0 saturated carbocycles. The molecule has 0 aromatic heterocycles. The van der Waals surface area contributed by atoms with Crippen molar-refractivity contribution in [3.8, 4) is 0 Å². The summed E-state index contributed by atoms with van der Waals surface area (Å²) >= 11 is 0. The molecule has 1 saturated heterocycles. The number of hydrogen-bond donors (Lipinski definition) is 0. The summed E-state index contributed by atoms with van der Waals surface area (Å²) in [6.07, 6.45) is 4.23.